The van der Waals surface area contributed by atoms with Gasteiger partial charge in [0.15, 0.2) is 12.3 Å². The number of nitriles is 1. The molecule has 7 nitrogen and oxygen atoms in total. The van der Waals surface area contributed by atoms with E-state index in [2.05, 4.69) is 91.8 Å². The van der Waals surface area contributed by atoms with Crippen molar-refractivity contribution in [3.05, 3.63) is 119 Å². The molecule has 6 rings (SSSR count). The highest BCUT2D eigenvalue weighted by molar-refractivity contribution is 6.08. The van der Waals surface area contributed by atoms with E-state index in [9.17, 15) is 25.1 Å². The van der Waals surface area contributed by atoms with Gasteiger partial charge in [-0.3, -0.25) is 9.59 Å². The lowest BCUT2D eigenvalue weighted by Gasteiger charge is -2.26. The highest BCUT2D eigenvalue weighted by atomic mass is 16.4. The Morgan fingerprint density at radius 3 is 2.09 bits per heavy atom. The van der Waals surface area contributed by atoms with Crippen molar-refractivity contribution in [2.75, 3.05) is 18.0 Å². The summed E-state index contributed by atoms with van der Waals surface area (Å²) in [5.41, 5.74) is 5.59. The second-order valence-corrected chi connectivity index (χ2v) is 13.2. The summed E-state index contributed by atoms with van der Waals surface area (Å²) < 4.78 is 2.06. The molecule has 236 valence electrons. The van der Waals surface area contributed by atoms with Gasteiger partial charge in [-0.2, -0.15) is 9.84 Å². The lowest BCUT2D eigenvalue weighted by atomic mass is 9.79. The van der Waals surface area contributed by atoms with Gasteiger partial charge in [0.1, 0.15) is 6.42 Å². The van der Waals surface area contributed by atoms with E-state index in [0.717, 1.165) is 55.5 Å². The van der Waals surface area contributed by atoms with E-state index in [-0.39, 0.29) is 12.8 Å². The standard InChI is InChI=1S/C40H37N3O4/c1-39(2)33(42(23-21-35(44)45)31-17-15-27-9-5-7-11-29(27)37(31)39)19-13-26(25-41)14-20-34-40(3,4)38-30-12-8-6-10-28(30)16-18-32(38)43(34)24-22-36(46)47/h5-20H,21-24H2,1-4H3,(H-,44,45,46,47)/p+1. The smallest absolute Gasteiger partial charge is 0.309 e. The van der Waals surface area contributed by atoms with Crippen molar-refractivity contribution in [3.63, 3.8) is 0 Å². The summed E-state index contributed by atoms with van der Waals surface area (Å²) in [6.45, 7) is 9.16. The summed E-state index contributed by atoms with van der Waals surface area (Å²) in [5.74, 6) is -1.74. The SMILES string of the molecule is CC1(C)C(/C=C/C(C#N)=C/C=C2/N(CCC(=O)O)c3ccc4ccccc4c3C2(C)C)=[N+](CCC(=O)O)c2ccc3ccccc3c21. The predicted molar refractivity (Wildman–Crippen MR) is 187 cm³/mol. The molecule has 0 amide bonds. The molecule has 0 radical (unpaired) electrons. The van der Waals surface area contributed by atoms with Gasteiger partial charge in [-0.25, -0.2) is 0 Å². The number of nitrogens with zero attached hydrogens (tertiary/aromatic N) is 3. The number of rotatable bonds is 9. The maximum atomic E-state index is 11.6. The number of hydrogen-bond acceptors (Lipinski definition) is 4. The summed E-state index contributed by atoms with van der Waals surface area (Å²) in [4.78, 5) is 25.3. The second kappa shape index (κ2) is 12.0. The van der Waals surface area contributed by atoms with Gasteiger partial charge >= 0.3 is 11.9 Å². The summed E-state index contributed by atoms with van der Waals surface area (Å²) in [6, 6.07) is 27.0. The third-order valence-electron chi connectivity index (χ3n) is 9.58. The third kappa shape index (κ3) is 5.50. The van der Waals surface area contributed by atoms with Gasteiger partial charge in [0.2, 0.25) is 5.69 Å². The number of hydrogen-bond donors (Lipinski definition) is 2. The van der Waals surface area contributed by atoms with Crippen LogP contribution in [0, 0.1) is 11.3 Å². The van der Waals surface area contributed by atoms with Crippen LogP contribution in [-0.2, 0) is 20.4 Å². The van der Waals surface area contributed by atoms with Crippen LogP contribution in [-0.4, -0.2) is 45.5 Å². The second-order valence-electron chi connectivity index (χ2n) is 13.2. The number of carboxylic acid groups (broad SMARTS) is 2. The first-order valence-electron chi connectivity index (χ1n) is 15.9. The summed E-state index contributed by atoms with van der Waals surface area (Å²) in [7, 11) is 0. The van der Waals surface area contributed by atoms with Crippen LogP contribution in [0.3, 0.4) is 0 Å². The first-order chi connectivity index (χ1) is 22.4. The van der Waals surface area contributed by atoms with Crippen LogP contribution in [0.1, 0.15) is 51.7 Å². The van der Waals surface area contributed by atoms with E-state index in [1.165, 1.54) is 0 Å². The Morgan fingerprint density at radius 2 is 1.45 bits per heavy atom. The Labute approximate surface area is 274 Å². The lowest BCUT2D eigenvalue weighted by molar-refractivity contribution is -0.436. The van der Waals surface area contributed by atoms with E-state index in [0.29, 0.717) is 18.7 Å². The van der Waals surface area contributed by atoms with Crippen molar-refractivity contribution >= 4 is 50.6 Å². The highest BCUT2D eigenvalue weighted by Gasteiger charge is 2.45. The average Bonchev–Trinajstić information content (AvgIpc) is 3.40. The molecular weight excluding hydrogens is 586 g/mol. The van der Waals surface area contributed by atoms with Crippen molar-refractivity contribution < 1.29 is 24.4 Å². The Hall–Kier alpha value is -5.48. The predicted octanol–water partition coefficient (Wildman–Crippen LogP) is 8.01. The number of fused-ring (bicyclic) bond motifs is 6. The Bertz CT molecular complexity index is 2120. The Morgan fingerprint density at radius 1 is 0.830 bits per heavy atom. The van der Waals surface area contributed by atoms with Crippen LogP contribution in [0.4, 0.5) is 11.4 Å². The van der Waals surface area contributed by atoms with Crippen molar-refractivity contribution in [1.82, 2.24) is 0 Å². The van der Waals surface area contributed by atoms with Gasteiger partial charge in [-0.15, -0.1) is 0 Å². The van der Waals surface area contributed by atoms with E-state index < -0.39 is 22.8 Å². The van der Waals surface area contributed by atoms with E-state index in [1.54, 1.807) is 12.2 Å². The van der Waals surface area contributed by atoms with Gasteiger partial charge in [-0.05, 0) is 71.3 Å². The average molecular weight is 625 g/mol. The number of carboxylic acids is 2. The molecule has 47 heavy (non-hydrogen) atoms. The van der Waals surface area contributed by atoms with Gasteiger partial charge in [-0.1, -0.05) is 68.4 Å². The number of allylic oxidation sites excluding steroid dienone is 6. The number of benzene rings is 4. The Balaban J connectivity index is 1.42. The number of aliphatic carboxylic acids is 2. The topological polar surface area (TPSA) is 105 Å². The molecule has 0 aliphatic carbocycles. The Kier molecular flexibility index (Phi) is 8.07. The third-order valence-corrected chi connectivity index (χ3v) is 9.58. The fraction of sp³-hybridized carbons (Fsp3) is 0.250. The van der Waals surface area contributed by atoms with E-state index >= 15 is 0 Å². The van der Waals surface area contributed by atoms with Gasteiger partial charge < -0.3 is 15.1 Å². The fourth-order valence-electron chi connectivity index (χ4n) is 7.43. The quantitative estimate of drug-likeness (QED) is 0.111. The zero-order valence-corrected chi connectivity index (χ0v) is 27.1. The van der Waals surface area contributed by atoms with Crippen LogP contribution in [0.15, 0.2) is 108 Å². The van der Waals surface area contributed by atoms with E-state index in [4.69, 9.17) is 0 Å². The molecule has 0 saturated heterocycles. The van der Waals surface area contributed by atoms with Crippen LogP contribution in [0.5, 0.6) is 0 Å². The number of carbonyl (C=O) groups is 2. The number of anilines is 1. The monoisotopic (exact) mass is 624 g/mol. The van der Waals surface area contributed by atoms with Crippen molar-refractivity contribution in [1.29, 1.82) is 5.26 Å². The van der Waals surface area contributed by atoms with Gasteiger partial charge in [0, 0.05) is 41.1 Å². The van der Waals surface area contributed by atoms with Crippen molar-refractivity contribution in [2.24, 2.45) is 0 Å². The minimum absolute atomic E-state index is 0.0246. The minimum atomic E-state index is -0.870. The van der Waals surface area contributed by atoms with Gasteiger partial charge in [0.25, 0.3) is 0 Å². The van der Waals surface area contributed by atoms with Crippen LogP contribution < -0.4 is 4.90 Å². The molecule has 7 heteroatoms. The van der Waals surface area contributed by atoms with Crippen LogP contribution in [0.25, 0.3) is 21.5 Å². The molecule has 0 atom stereocenters. The van der Waals surface area contributed by atoms with Crippen LogP contribution >= 0.6 is 0 Å². The first-order valence-corrected chi connectivity index (χ1v) is 15.9. The molecule has 0 fully saturated rings. The summed E-state index contributed by atoms with van der Waals surface area (Å²) >= 11 is 0. The molecule has 0 saturated carbocycles. The molecule has 4 aromatic carbocycles. The zero-order chi connectivity index (χ0) is 33.5. The molecule has 4 aromatic rings. The molecule has 2 aliphatic heterocycles. The largest absolute Gasteiger partial charge is 0.481 e. The molecule has 2 aliphatic rings. The molecule has 0 spiro atoms. The normalized spacial score (nSPS) is 17.5. The van der Waals surface area contributed by atoms with E-state index in [1.807, 2.05) is 36.4 Å². The minimum Gasteiger partial charge on any atom is -0.481 e. The molecule has 0 unspecified atom stereocenters. The lowest BCUT2D eigenvalue weighted by Crippen LogP contribution is -2.28. The summed E-state index contributed by atoms with van der Waals surface area (Å²) in [5, 5.41) is 33.8. The van der Waals surface area contributed by atoms with Crippen LogP contribution in [0.2, 0.25) is 0 Å². The maximum absolute atomic E-state index is 11.6. The molecule has 0 bridgehead atoms. The fourth-order valence-corrected chi connectivity index (χ4v) is 7.43. The molecular formula is C40H38N3O4+. The zero-order valence-electron chi connectivity index (χ0n) is 27.1. The van der Waals surface area contributed by atoms with Crippen molar-refractivity contribution in [2.45, 2.75) is 51.4 Å². The first kappa shape index (κ1) is 31.5. The molecule has 2 N–H and O–H groups in total. The maximum Gasteiger partial charge on any atom is 0.309 e. The highest BCUT2D eigenvalue weighted by Crippen LogP contribution is 2.51. The van der Waals surface area contributed by atoms with Gasteiger partial charge in [0.05, 0.1) is 23.5 Å². The summed E-state index contributed by atoms with van der Waals surface area (Å²) in [6.07, 6.45) is 7.42. The molecule has 0 aromatic heterocycles. The molecule has 2 heterocycles. The van der Waals surface area contributed by atoms with Crippen molar-refractivity contribution in [3.8, 4) is 6.07 Å².